The van der Waals surface area contributed by atoms with Gasteiger partial charge in [-0.1, -0.05) is 17.7 Å². The van der Waals surface area contributed by atoms with Crippen molar-refractivity contribution in [3.05, 3.63) is 46.8 Å². The molecule has 0 aliphatic rings. The molecule has 0 unspecified atom stereocenters. The predicted octanol–water partition coefficient (Wildman–Crippen LogP) is 2.81. The second-order valence-corrected chi connectivity index (χ2v) is 4.70. The van der Waals surface area contributed by atoms with Crippen LogP contribution in [-0.4, -0.2) is 9.55 Å². The Morgan fingerprint density at radius 2 is 2.26 bits per heavy atom. The minimum absolute atomic E-state index is 0.201. The van der Waals surface area contributed by atoms with Gasteiger partial charge < -0.3 is 15.0 Å². The molecule has 0 saturated heterocycles. The molecule has 2 aromatic rings. The fraction of sp³-hybridized carbons (Fsp3) is 0.308. The van der Waals surface area contributed by atoms with E-state index in [4.69, 9.17) is 22.1 Å². The monoisotopic (exact) mass is 283 g/mol. The first kappa shape index (κ1) is 13.8. The van der Waals surface area contributed by atoms with Crippen molar-refractivity contribution in [2.24, 2.45) is 12.8 Å². The van der Waals surface area contributed by atoms with Crippen LogP contribution in [-0.2, 0) is 13.7 Å². The van der Waals surface area contributed by atoms with Gasteiger partial charge in [-0.3, -0.25) is 0 Å². The van der Waals surface area contributed by atoms with Crippen LogP contribution in [0.15, 0.2) is 24.4 Å². The van der Waals surface area contributed by atoms with Crippen LogP contribution in [0.2, 0.25) is 5.15 Å². The van der Waals surface area contributed by atoms with Crippen LogP contribution in [0.4, 0.5) is 4.39 Å². The molecule has 1 heterocycles. The lowest BCUT2D eigenvalue weighted by Gasteiger charge is -2.14. The van der Waals surface area contributed by atoms with Gasteiger partial charge in [0.1, 0.15) is 29.2 Å². The molecule has 2 rings (SSSR count). The van der Waals surface area contributed by atoms with Gasteiger partial charge in [-0.25, -0.2) is 9.37 Å². The largest absolute Gasteiger partial charge is 0.485 e. The first-order valence-corrected chi connectivity index (χ1v) is 6.20. The SMILES string of the molecule is C[C@H](N)c1ccc(F)cc1OCc1ncc(Cl)n1C. The van der Waals surface area contributed by atoms with Crippen molar-refractivity contribution in [3.63, 3.8) is 0 Å². The lowest BCUT2D eigenvalue weighted by Crippen LogP contribution is -2.10. The first-order chi connectivity index (χ1) is 8.99. The summed E-state index contributed by atoms with van der Waals surface area (Å²) in [4.78, 5) is 4.11. The number of benzene rings is 1. The van der Waals surface area contributed by atoms with Crippen LogP contribution in [0.25, 0.3) is 0 Å². The van der Waals surface area contributed by atoms with Crippen molar-refractivity contribution in [3.8, 4) is 5.75 Å². The summed E-state index contributed by atoms with van der Waals surface area (Å²) in [6, 6.07) is 4.08. The number of nitrogens with two attached hydrogens (primary N) is 1. The van der Waals surface area contributed by atoms with Gasteiger partial charge in [0, 0.05) is 24.7 Å². The van der Waals surface area contributed by atoms with Crippen molar-refractivity contribution in [1.82, 2.24) is 9.55 Å². The molecule has 0 spiro atoms. The van der Waals surface area contributed by atoms with Crippen LogP contribution >= 0.6 is 11.6 Å². The van der Waals surface area contributed by atoms with E-state index >= 15 is 0 Å². The lowest BCUT2D eigenvalue weighted by molar-refractivity contribution is 0.286. The molecule has 4 nitrogen and oxygen atoms in total. The van der Waals surface area contributed by atoms with Crippen LogP contribution in [0.5, 0.6) is 5.75 Å². The summed E-state index contributed by atoms with van der Waals surface area (Å²) >= 11 is 5.88. The molecule has 1 aromatic carbocycles. The van der Waals surface area contributed by atoms with E-state index in [1.807, 2.05) is 6.92 Å². The molecule has 19 heavy (non-hydrogen) atoms. The molecule has 2 N–H and O–H groups in total. The zero-order valence-corrected chi connectivity index (χ0v) is 11.5. The highest BCUT2D eigenvalue weighted by Crippen LogP contribution is 2.25. The number of nitrogens with zero attached hydrogens (tertiary/aromatic N) is 2. The van der Waals surface area contributed by atoms with Gasteiger partial charge in [-0.05, 0) is 13.0 Å². The zero-order valence-electron chi connectivity index (χ0n) is 10.7. The fourth-order valence-corrected chi connectivity index (χ4v) is 1.86. The molecule has 0 aliphatic heterocycles. The van der Waals surface area contributed by atoms with E-state index in [9.17, 15) is 4.39 Å². The van der Waals surface area contributed by atoms with E-state index in [0.717, 1.165) is 5.56 Å². The highest BCUT2D eigenvalue weighted by Gasteiger charge is 2.11. The Morgan fingerprint density at radius 1 is 1.53 bits per heavy atom. The Labute approximate surface area is 116 Å². The van der Waals surface area contributed by atoms with Crippen LogP contribution < -0.4 is 10.5 Å². The third-order valence-corrected chi connectivity index (χ3v) is 3.20. The van der Waals surface area contributed by atoms with Gasteiger partial charge in [0.2, 0.25) is 0 Å². The normalized spacial score (nSPS) is 12.5. The summed E-state index contributed by atoms with van der Waals surface area (Å²) < 4.78 is 20.6. The quantitative estimate of drug-likeness (QED) is 0.939. The number of ether oxygens (including phenoxy) is 1. The molecule has 0 aliphatic carbocycles. The van der Waals surface area contributed by atoms with E-state index in [2.05, 4.69) is 4.98 Å². The van der Waals surface area contributed by atoms with Gasteiger partial charge in [-0.2, -0.15) is 0 Å². The van der Waals surface area contributed by atoms with Gasteiger partial charge in [0.25, 0.3) is 0 Å². The number of rotatable bonds is 4. The third-order valence-electron chi connectivity index (χ3n) is 2.85. The smallest absolute Gasteiger partial charge is 0.147 e. The average molecular weight is 284 g/mol. The Kier molecular flexibility index (Phi) is 4.07. The molecule has 1 aromatic heterocycles. The number of hydrogen-bond acceptors (Lipinski definition) is 3. The summed E-state index contributed by atoms with van der Waals surface area (Å²) in [7, 11) is 1.78. The molecule has 0 bridgehead atoms. The van der Waals surface area contributed by atoms with Gasteiger partial charge in [0.15, 0.2) is 0 Å². The molecule has 1 atom stereocenters. The van der Waals surface area contributed by atoms with Gasteiger partial charge in [-0.15, -0.1) is 0 Å². The Morgan fingerprint density at radius 3 is 2.84 bits per heavy atom. The topological polar surface area (TPSA) is 53.1 Å². The van der Waals surface area contributed by atoms with E-state index in [-0.39, 0.29) is 18.5 Å². The minimum atomic E-state index is -0.364. The zero-order chi connectivity index (χ0) is 14.0. The summed E-state index contributed by atoms with van der Waals surface area (Å²) in [5, 5.41) is 0.519. The van der Waals surface area contributed by atoms with Gasteiger partial charge >= 0.3 is 0 Å². The molecule has 0 radical (unpaired) electrons. The molecular formula is C13H15ClFN3O. The van der Waals surface area contributed by atoms with E-state index < -0.39 is 0 Å². The summed E-state index contributed by atoms with van der Waals surface area (Å²) in [6.45, 7) is 2.02. The van der Waals surface area contributed by atoms with Gasteiger partial charge in [0.05, 0.1) is 6.20 Å². The lowest BCUT2D eigenvalue weighted by atomic mass is 10.1. The third kappa shape index (κ3) is 3.05. The molecule has 0 amide bonds. The number of imidazole rings is 1. The second-order valence-electron chi connectivity index (χ2n) is 4.32. The predicted molar refractivity (Wildman–Crippen MR) is 71.6 cm³/mol. The standard InChI is InChI=1S/C13H15ClFN3O/c1-8(16)10-4-3-9(15)5-11(10)19-7-13-17-6-12(14)18(13)2/h3-6,8H,7,16H2,1-2H3/t8-/m0/s1. The maximum atomic E-state index is 13.3. The van der Waals surface area contributed by atoms with E-state index in [1.165, 1.54) is 18.3 Å². The Balaban J connectivity index is 2.19. The summed E-state index contributed by atoms with van der Waals surface area (Å²) in [5.41, 5.74) is 6.57. The molecule has 0 fully saturated rings. The fourth-order valence-electron chi connectivity index (χ4n) is 1.71. The number of halogens is 2. The first-order valence-electron chi connectivity index (χ1n) is 5.83. The molecule has 6 heteroatoms. The Hall–Kier alpha value is -1.59. The highest BCUT2D eigenvalue weighted by molar-refractivity contribution is 6.29. The maximum Gasteiger partial charge on any atom is 0.147 e. The van der Waals surface area contributed by atoms with E-state index in [0.29, 0.717) is 16.7 Å². The summed E-state index contributed by atoms with van der Waals surface area (Å²) in [6.07, 6.45) is 1.54. The Bertz CT molecular complexity index is 583. The van der Waals surface area contributed by atoms with Crippen molar-refractivity contribution in [2.75, 3.05) is 0 Å². The molecule has 102 valence electrons. The van der Waals surface area contributed by atoms with Crippen molar-refractivity contribution in [2.45, 2.75) is 19.6 Å². The van der Waals surface area contributed by atoms with Crippen molar-refractivity contribution in [1.29, 1.82) is 0 Å². The minimum Gasteiger partial charge on any atom is -0.485 e. The van der Waals surface area contributed by atoms with Crippen molar-refractivity contribution >= 4 is 11.6 Å². The molecule has 0 saturated carbocycles. The van der Waals surface area contributed by atoms with E-state index in [1.54, 1.807) is 17.7 Å². The second kappa shape index (κ2) is 5.59. The number of hydrogen-bond donors (Lipinski definition) is 1. The van der Waals surface area contributed by atoms with Crippen LogP contribution in [0, 0.1) is 5.82 Å². The van der Waals surface area contributed by atoms with Crippen LogP contribution in [0.3, 0.4) is 0 Å². The molecular weight excluding hydrogens is 269 g/mol. The summed E-state index contributed by atoms with van der Waals surface area (Å²) in [5.74, 6) is 0.719. The number of aromatic nitrogens is 2. The highest BCUT2D eigenvalue weighted by atomic mass is 35.5. The van der Waals surface area contributed by atoms with Crippen molar-refractivity contribution < 1.29 is 9.13 Å². The van der Waals surface area contributed by atoms with Crippen LogP contribution in [0.1, 0.15) is 24.4 Å². The maximum absolute atomic E-state index is 13.3. The average Bonchev–Trinajstić information content (AvgIpc) is 2.67.